The maximum atomic E-state index is 11.0. The lowest BCUT2D eigenvalue weighted by Crippen LogP contribution is -2.08. The van der Waals surface area contributed by atoms with Crippen molar-refractivity contribution in [2.24, 2.45) is 5.92 Å². The van der Waals surface area contributed by atoms with Crippen LogP contribution in [0.3, 0.4) is 0 Å². The molecule has 1 aromatic heterocycles. The Hall–Kier alpha value is -1.61. The molecular formula is C15H19NO2. The summed E-state index contributed by atoms with van der Waals surface area (Å²) < 4.78 is 7.66. The van der Waals surface area contributed by atoms with Gasteiger partial charge in [0.05, 0.1) is 6.61 Å². The number of para-hydroxylation sites is 1. The highest BCUT2D eigenvalue weighted by atomic mass is 16.5. The molecule has 1 heterocycles. The fraction of sp³-hybridized carbons (Fsp3) is 0.400. The van der Waals surface area contributed by atoms with Crippen molar-refractivity contribution in [1.82, 2.24) is 4.57 Å². The number of hydrogen-bond donors (Lipinski definition) is 0. The number of hydrogen-bond acceptors (Lipinski definition) is 2. The lowest BCUT2D eigenvalue weighted by molar-refractivity contribution is 0.104. The molecule has 0 spiro atoms. The van der Waals surface area contributed by atoms with E-state index in [1.807, 2.05) is 30.5 Å². The van der Waals surface area contributed by atoms with E-state index in [4.69, 9.17) is 4.74 Å². The zero-order chi connectivity index (χ0) is 13.0. The van der Waals surface area contributed by atoms with Crippen LogP contribution in [-0.4, -0.2) is 24.1 Å². The number of aromatic nitrogens is 1. The molecule has 0 aliphatic heterocycles. The Morgan fingerprint density at radius 3 is 2.83 bits per heavy atom. The quantitative estimate of drug-likeness (QED) is 0.578. The highest BCUT2D eigenvalue weighted by Gasteiger charge is 2.06. The Kier molecular flexibility index (Phi) is 4.15. The fourth-order valence-electron chi connectivity index (χ4n) is 2.04. The number of nitrogens with zero attached hydrogens (tertiary/aromatic N) is 1. The molecule has 0 saturated carbocycles. The molecule has 0 radical (unpaired) electrons. The lowest BCUT2D eigenvalue weighted by atomic mass is 10.2. The lowest BCUT2D eigenvalue weighted by Gasteiger charge is -2.08. The summed E-state index contributed by atoms with van der Waals surface area (Å²) in [6.07, 6.45) is 2.81. The molecule has 0 amide bonds. The summed E-state index contributed by atoms with van der Waals surface area (Å²) in [5.74, 6) is 0.553. The van der Waals surface area contributed by atoms with Crippen LogP contribution < -0.4 is 0 Å². The summed E-state index contributed by atoms with van der Waals surface area (Å²) in [6, 6.07) is 7.95. The Morgan fingerprint density at radius 2 is 2.11 bits per heavy atom. The third-order valence-electron chi connectivity index (χ3n) is 2.87. The smallest absolute Gasteiger partial charge is 0.152 e. The maximum absolute atomic E-state index is 11.0. The molecule has 96 valence electrons. The third-order valence-corrected chi connectivity index (χ3v) is 2.87. The van der Waals surface area contributed by atoms with Gasteiger partial charge in [0, 0.05) is 35.8 Å². The van der Waals surface area contributed by atoms with Crippen LogP contribution in [0.2, 0.25) is 0 Å². The van der Waals surface area contributed by atoms with Gasteiger partial charge in [-0.1, -0.05) is 32.0 Å². The Balaban J connectivity index is 2.11. The summed E-state index contributed by atoms with van der Waals surface area (Å²) in [7, 11) is 0. The van der Waals surface area contributed by atoms with Crippen LogP contribution in [0.5, 0.6) is 0 Å². The molecule has 0 saturated heterocycles. The predicted molar refractivity (Wildman–Crippen MR) is 73.0 cm³/mol. The summed E-state index contributed by atoms with van der Waals surface area (Å²) in [5, 5.41) is 1.01. The summed E-state index contributed by atoms with van der Waals surface area (Å²) in [6.45, 7) is 6.50. The predicted octanol–water partition coefficient (Wildman–Crippen LogP) is 3.13. The SMILES string of the molecule is CC(C)COCCn1cc(C=O)c2ccccc21. The monoisotopic (exact) mass is 245 g/mol. The van der Waals surface area contributed by atoms with Gasteiger partial charge in [-0.05, 0) is 12.0 Å². The van der Waals surface area contributed by atoms with E-state index in [0.29, 0.717) is 12.5 Å². The van der Waals surface area contributed by atoms with E-state index in [1.165, 1.54) is 0 Å². The van der Waals surface area contributed by atoms with Crippen LogP contribution in [0.4, 0.5) is 0 Å². The average molecular weight is 245 g/mol. The molecule has 3 nitrogen and oxygen atoms in total. The highest BCUT2D eigenvalue weighted by Crippen LogP contribution is 2.19. The first-order valence-corrected chi connectivity index (χ1v) is 6.33. The highest BCUT2D eigenvalue weighted by molar-refractivity contribution is 5.97. The zero-order valence-electron chi connectivity index (χ0n) is 10.9. The number of aldehydes is 1. The first kappa shape index (κ1) is 12.8. The van der Waals surface area contributed by atoms with Gasteiger partial charge in [-0.25, -0.2) is 0 Å². The fourth-order valence-corrected chi connectivity index (χ4v) is 2.04. The van der Waals surface area contributed by atoms with E-state index in [-0.39, 0.29) is 0 Å². The van der Waals surface area contributed by atoms with Gasteiger partial charge in [0.15, 0.2) is 6.29 Å². The van der Waals surface area contributed by atoms with Gasteiger partial charge in [-0.2, -0.15) is 0 Å². The van der Waals surface area contributed by atoms with E-state index in [0.717, 1.165) is 35.9 Å². The van der Waals surface area contributed by atoms with Gasteiger partial charge in [0.25, 0.3) is 0 Å². The molecule has 2 aromatic rings. The zero-order valence-corrected chi connectivity index (χ0v) is 10.9. The van der Waals surface area contributed by atoms with Crippen LogP contribution in [0, 0.1) is 5.92 Å². The van der Waals surface area contributed by atoms with Crippen LogP contribution in [0.25, 0.3) is 10.9 Å². The van der Waals surface area contributed by atoms with Crippen molar-refractivity contribution in [3.63, 3.8) is 0 Å². The summed E-state index contributed by atoms with van der Waals surface area (Å²) in [5.41, 5.74) is 1.84. The van der Waals surface area contributed by atoms with E-state index in [1.54, 1.807) is 0 Å². The van der Waals surface area contributed by atoms with E-state index < -0.39 is 0 Å². The second kappa shape index (κ2) is 5.83. The van der Waals surface area contributed by atoms with Gasteiger partial charge >= 0.3 is 0 Å². The molecule has 0 atom stereocenters. The van der Waals surface area contributed by atoms with Crippen molar-refractivity contribution in [2.75, 3.05) is 13.2 Å². The molecule has 0 fully saturated rings. The molecular weight excluding hydrogens is 226 g/mol. The molecule has 1 aromatic carbocycles. The van der Waals surface area contributed by atoms with Crippen molar-refractivity contribution in [3.8, 4) is 0 Å². The largest absolute Gasteiger partial charge is 0.379 e. The van der Waals surface area contributed by atoms with Crippen LogP contribution in [0.15, 0.2) is 30.5 Å². The number of rotatable bonds is 6. The minimum absolute atomic E-state index is 0.553. The van der Waals surface area contributed by atoms with Gasteiger partial charge < -0.3 is 9.30 Å². The number of carbonyl (C=O) groups is 1. The van der Waals surface area contributed by atoms with Crippen LogP contribution in [0.1, 0.15) is 24.2 Å². The first-order valence-electron chi connectivity index (χ1n) is 6.33. The Labute approximate surface area is 107 Å². The van der Waals surface area contributed by atoms with E-state index in [2.05, 4.69) is 18.4 Å². The van der Waals surface area contributed by atoms with Gasteiger partial charge in [-0.3, -0.25) is 4.79 Å². The van der Waals surface area contributed by atoms with Gasteiger partial charge in [0.2, 0.25) is 0 Å². The number of ether oxygens (including phenoxy) is 1. The molecule has 0 bridgehead atoms. The van der Waals surface area contributed by atoms with Crippen LogP contribution in [-0.2, 0) is 11.3 Å². The number of benzene rings is 1. The molecule has 0 aliphatic rings. The second-order valence-electron chi connectivity index (χ2n) is 4.88. The summed E-state index contributed by atoms with van der Waals surface area (Å²) in [4.78, 5) is 11.0. The standard InChI is InChI=1S/C15H19NO2/c1-12(2)11-18-8-7-16-9-13(10-17)14-5-3-4-6-15(14)16/h3-6,9-10,12H,7-8,11H2,1-2H3. The topological polar surface area (TPSA) is 31.2 Å². The van der Waals surface area contributed by atoms with Gasteiger partial charge in [-0.15, -0.1) is 0 Å². The first-order chi connectivity index (χ1) is 8.72. The normalized spacial score (nSPS) is 11.3. The molecule has 0 N–H and O–H groups in total. The van der Waals surface area contributed by atoms with E-state index in [9.17, 15) is 4.79 Å². The molecule has 3 heteroatoms. The molecule has 18 heavy (non-hydrogen) atoms. The second-order valence-corrected chi connectivity index (χ2v) is 4.88. The minimum Gasteiger partial charge on any atom is -0.379 e. The number of fused-ring (bicyclic) bond motifs is 1. The third kappa shape index (κ3) is 2.79. The number of carbonyl (C=O) groups excluding carboxylic acids is 1. The van der Waals surface area contributed by atoms with Crippen molar-refractivity contribution >= 4 is 17.2 Å². The maximum Gasteiger partial charge on any atom is 0.152 e. The van der Waals surface area contributed by atoms with Crippen molar-refractivity contribution in [2.45, 2.75) is 20.4 Å². The van der Waals surface area contributed by atoms with Crippen molar-refractivity contribution in [1.29, 1.82) is 0 Å². The van der Waals surface area contributed by atoms with Gasteiger partial charge in [0.1, 0.15) is 0 Å². The average Bonchev–Trinajstić information content (AvgIpc) is 2.73. The minimum atomic E-state index is 0.553. The molecule has 2 rings (SSSR count). The molecule has 0 unspecified atom stereocenters. The Bertz CT molecular complexity index is 528. The van der Waals surface area contributed by atoms with Crippen molar-refractivity contribution < 1.29 is 9.53 Å². The van der Waals surface area contributed by atoms with Crippen LogP contribution >= 0.6 is 0 Å². The summed E-state index contributed by atoms with van der Waals surface area (Å²) >= 11 is 0. The van der Waals surface area contributed by atoms with E-state index >= 15 is 0 Å². The molecule has 0 aliphatic carbocycles. The van der Waals surface area contributed by atoms with Crippen molar-refractivity contribution in [3.05, 3.63) is 36.0 Å². The Morgan fingerprint density at radius 1 is 1.33 bits per heavy atom.